The second kappa shape index (κ2) is 8.60. The van der Waals surface area contributed by atoms with E-state index in [1.807, 2.05) is 0 Å². The zero-order chi connectivity index (χ0) is 20.3. The normalized spacial score (nSPS) is 19.8. The standard InChI is InChI=1S/C18H23ClN4O4S/c1-11(2)23-28(25,26)13-8-6-12(7-9-13)21-18-20-10-14(19)17(22-18)27-16-5-3-4-15(16)24/h6-11,15-16,23-24H,3-5H2,1-2H3,(H,20,21,22). The van der Waals surface area contributed by atoms with Gasteiger partial charge >= 0.3 is 0 Å². The van der Waals surface area contributed by atoms with Crippen molar-refractivity contribution in [3.8, 4) is 5.88 Å². The summed E-state index contributed by atoms with van der Waals surface area (Å²) >= 11 is 6.10. The number of benzene rings is 1. The Kier molecular flexibility index (Phi) is 6.39. The first-order valence-electron chi connectivity index (χ1n) is 9.01. The first kappa shape index (κ1) is 20.8. The minimum Gasteiger partial charge on any atom is -0.470 e. The fourth-order valence-electron chi connectivity index (χ4n) is 2.91. The number of hydrogen-bond donors (Lipinski definition) is 3. The van der Waals surface area contributed by atoms with Crippen LogP contribution in [0.5, 0.6) is 5.88 Å². The van der Waals surface area contributed by atoms with Gasteiger partial charge in [-0.3, -0.25) is 0 Å². The highest BCUT2D eigenvalue weighted by atomic mass is 35.5. The van der Waals surface area contributed by atoms with E-state index in [2.05, 4.69) is 20.0 Å². The summed E-state index contributed by atoms with van der Waals surface area (Å²) in [6.07, 6.45) is 2.87. The van der Waals surface area contributed by atoms with E-state index in [0.717, 1.165) is 12.8 Å². The van der Waals surface area contributed by atoms with Gasteiger partial charge < -0.3 is 15.2 Å². The summed E-state index contributed by atoms with van der Waals surface area (Å²) in [7, 11) is -3.55. The van der Waals surface area contributed by atoms with Crippen LogP contribution in [0, 0.1) is 0 Å². The van der Waals surface area contributed by atoms with Gasteiger partial charge in [-0.15, -0.1) is 0 Å². The molecule has 2 aromatic rings. The SMILES string of the molecule is CC(C)NS(=O)(=O)c1ccc(Nc2ncc(Cl)c(OC3CCCC3O)n2)cc1. The summed E-state index contributed by atoms with van der Waals surface area (Å²) in [4.78, 5) is 8.54. The monoisotopic (exact) mass is 426 g/mol. The smallest absolute Gasteiger partial charge is 0.240 e. The topological polar surface area (TPSA) is 113 Å². The van der Waals surface area contributed by atoms with Crippen LogP contribution in [0.2, 0.25) is 5.02 Å². The maximum atomic E-state index is 12.2. The van der Waals surface area contributed by atoms with E-state index in [1.165, 1.54) is 18.3 Å². The first-order valence-corrected chi connectivity index (χ1v) is 10.9. The molecule has 3 N–H and O–H groups in total. The third kappa shape index (κ3) is 5.11. The molecule has 1 aliphatic carbocycles. The molecular weight excluding hydrogens is 404 g/mol. The van der Waals surface area contributed by atoms with Gasteiger partial charge in [-0.2, -0.15) is 4.98 Å². The van der Waals surface area contributed by atoms with Gasteiger partial charge in [-0.05, 0) is 57.4 Å². The molecule has 28 heavy (non-hydrogen) atoms. The van der Waals surface area contributed by atoms with E-state index in [1.54, 1.807) is 26.0 Å². The average molecular weight is 427 g/mol. The average Bonchev–Trinajstić information content (AvgIpc) is 3.02. The van der Waals surface area contributed by atoms with Crippen molar-refractivity contribution in [1.82, 2.24) is 14.7 Å². The van der Waals surface area contributed by atoms with Gasteiger partial charge in [0.15, 0.2) is 0 Å². The van der Waals surface area contributed by atoms with Crippen LogP contribution in [-0.4, -0.2) is 41.7 Å². The Labute approximate surface area is 169 Å². The van der Waals surface area contributed by atoms with Gasteiger partial charge in [-0.25, -0.2) is 18.1 Å². The Hall–Kier alpha value is -1.94. The van der Waals surface area contributed by atoms with Gasteiger partial charge in [-0.1, -0.05) is 11.6 Å². The molecule has 0 spiro atoms. The van der Waals surface area contributed by atoms with Crippen molar-refractivity contribution in [3.63, 3.8) is 0 Å². The molecule has 0 bridgehead atoms. The quantitative estimate of drug-likeness (QED) is 0.623. The van der Waals surface area contributed by atoms with Crippen molar-refractivity contribution < 1.29 is 18.3 Å². The predicted molar refractivity (Wildman–Crippen MR) is 106 cm³/mol. The van der Waals surface area contributed by atoms with E-state index in [0.29, 0.717) is 12.1 Å². The summed E-state index contributed by atoms with van der Waals surface area (Å²) in [5, 5.41) is 13.2. The minimum atomic E-state index is -3.55. The number of nitrogens with one attached hydrogen (secondary N) is 2. The van der Waals surface area contributed by atoms with Gasteiger partial charge in [0.1, 0.15) is 11.1 Å². The lowest BCUT2D eigenvalue weighted by atomic mass is 10.3. The number of aromatic nitrogens is 2. The lowest BCUT2D eigenvalue weighted by Crippen LogP contribution is -2.30. The fraction of sp³-hybridized carbons (Fsp3) is 0.444. The Bertz CT molecular complexity index is 922. The number of nitrogens with zero attached hydrogens (tertiary/aromatic N) is 2. The van der Waals surface area contributed by atoms with Crippen LogP contribution < -0.4 is 14.8 Å². The van der Waals surface area contributed by atoms with Crippen molar-refractivity contribution in [3.05, 3.63) is 35.5 Å². The Balaban J connectivity index is 1.72. The van der Waals surface area contributed by atoms with E-state index >= 15 is 0 Å². The molecule has 1 fully saturated rings. The minimum absolute atomic E-state index is 0.169. The molecule has 2 atom stereocenters. The molecule has 0 amide bonds. The molecule has 152 valence electrons. The Morgan fingerprint density at radius 1 is 1.25 bits per heavy atom. The van der Waals surface area contributed by atoms with Crippen LogP contribution >= 0.6 is 11.6 Å². The van der Waals surface area contributed by atoms with E-state index in [4.69, 9.17) is 16.3 Å². The van der Waals surface area contributed by atoms with Crippen molar-refractivity contribution in [2.24, 2.45) is 0 Å². The first-order chi connectivity index (χ1) is 13.2. The third-order valence-electron chi connectivity index (χ3n) is 4.20. The molecule has 2 unspecified atom stereocenters. The number of ether oxygens (including phenoxy) is 1. The number of aliphatic hydroxyl groups is 1. The molecular formula is C18H23ClN4O4S. The molecule has 0 saturated heterocycles. The zero-order valence-corrected chi connectivity index (χ0v) is 17.2. The molecule has 1 heterocycles. The van der Waals surface area contributed by atoms with Crippen LogP contribution in [0.25, 0.3) is 0 Å². The molecule has 3 rings (SSSR count). The summed E-state index contributed by atoms with van der Waals surface area (Å²) in [5.41, 5.74) is 0.609. The van der Waals surface area contributed by atoms with Crippen molar-refractivity contribution >= 4 is 33.3 Å². The number of rotatable bonds is 7. The van der Waals surface area contributed by atoms with Gasteiger partial charge in [0.2, 0.25) is 21.9 Å². The number of anilines is 2. The molecule has 10 heteroatoms. The van der Waals surface area contributed by atoms with Gasteiger partial charge in [0.25, 0.3) is 0 Å². The lowest BCUT2D eigenvalue weighted by molar-refractivity contribution is 0.0575. The van der Waals surface area contributed by atoms with Crippen molar-refractivity contribution in [2.45, 2.75) is 56.3 Å². The molecule has 1 aliphatic rings. The highest BCUT2D eigenvalue weighted by Crippen LogP contribution is 2.29. The van der Waals surface area contributed by atoms with Crippen LogP contribution in [0.1, 0.15) is 33.1 Å². The number of aliphatic hydroxyl groups excluding tert-OH is 1. The number of hydrogen-bond acceptors (Lipinski definition) is 7. The van der Waals surface area contributed by atoms with Crippen molar-refractivity contribution in [1.29, 1.82) is 0 Å². The molecule has 0 aliphatic heterocycles. The molecule has 0 radical (unpaired) electrons. The molecule has 8 nitrogen and oxygen atoms in total. The second-order valence-corrected chi connectivity index (χ2v) is 9.05. The van der Waals surface area contributed by atoms with E-state index < -0.39 is 16.1 Å². The van der Waals surface area contributed by atoms with Gasteiger partial charge in [0.05, 0.1) is 17.2 Å². The third-order valence-corrected chi connectivity index (χ3v) is 6.14. The zero-order valence-electron chi connectivity index (χ0n) is 15.6. The summed E-state index contributed by atoms with van der Waals surface area (Å²) < 4.78 is 32.6. The molecule has 1 aromatic carbocycles. The summed E-state index contributed by atoms with van der Waals surface area (Å²) in [5.74, 6) is 0.452. The Morgan fingerprint density at radius 2 is 1.96 bits per heavy atom. The van der Waals surface area contributed by atoms with Crippen molar-refractivity contribution in [2.75, 3.05) is 5.32 Å². The highest BCUT2D eigenvalue weighted by Gasteiger charge is 2.28. The van der Waals surface area contributed by atoms with Crippen LogP contribution in [0.4, 0.5) is 11.6 Å². The largest absolute Gasteiger partial charge is 0.470 e. The summed E-state index contributed by atoms with van der Waals surface area (Å²) in [6.45, 7) is 3.52. The Morgan fingerprint density at radius 3 is 2.57 bits per heavy atom. The second-order valence-electron chi connectivity index (χ2n) is 6.93. The highest BCUT2D eigenvalue weighted by molar-refractivity contribution is 7.89. The maximum absolute atomic E-state index is 12.2. The summed E-state index contributed by atoms with van der Waals surface area (Å²) in [6, 6.07) is 6.04. The van der Waals surface area contributed by atoms with Crippen LogP contribution in [0.15, 0.2) is 35.4 Å². The number of halogens is 1. The fourth-order valence-corrected chi connectivity index (χ4v) is 4.29. The van der Waals surface area contributed by atoms with E-state index in [9.17, 15) is 13.5 Å². The predicted octanol–water partition coefficient (Wildman–Crippen LogP) is 2.85. The van der Waals surface area contributed by atoms with E-state index in [-0.39, 0.29) is 33.9 Å². The van der Waals surface area contributed by atoms with Crippen LogP contribution in [-0.2, 0) is 10.0 Å². The van der Waals surface area contributed by atoms with Gasteiger partial charge in [0, 0.05) is 11.7 Å². The number of sulfonamides is 1. The maximum Gasteiger partial charge on any atom is 0.240 e. The van der Waals surface area contributed by atoms with Crippen LogP contribution in [0.3, 0.4) is 0 Å². The molecule has 1 saturated carbocycles. The lowest BCUT2D eigenvalue weighted by Gasteiger charge is -2.17. The molecule has 1 aromatic heterocycles.